The van der Waals surface area contributed by atoms with Crippen molar-refractivity contribution >= 4 is 39.6 Å². The molecule has 1 aromatic carbocycles. The van der Waals surface area contributed by atoms with Gasteiger partial charge in [-0.1, -0.05) is 31.7 Å². The molecule has 0 unspecified atom stereocenters. The predicted molar refractivity (Wildman–Crippen MR) is 106 cm³/mol. The second-order valence-corrected chi connectivity index (χ2v) is 7.96. The van der Waals surface area contributed by atoms with Gasteiger partial charge in [0.15, 0.2) is 11.5 Å². The first-order chi connectivity index (χ1) is 13.4. The molecule has 0 aliphatic heterocycles. The molecule has 1 rings (SSSR count). The van der Waals surface area contributed by atoms with Gasteiger partial charge in [0.2, 0.25) is 0 Å². The van der Waals surface area contributed by atoms with Crippen molar-refractivity contribution < 1.29 is 32.3 Å². The molecule has 2 amide bonds. The van der Waals surface area contributed by atoms with Crippen molar-refractivity contribution in [3.8, 4) is 11.5 Å². The van der Waals surface area contributed by atoms with Crippen LogP contribution in [0.1, 0.15) is 27.2 Å². The first-order valence-electron chi connectivity index (χ1n) is 8.29. The van der Waals surface area contributed by atoms with Gasteiger partial charge in [-0.05, 0) is 32.4 Å². The highest BCUT2D eigenvalue weighted by Gasteiger charge is 2.29. The summed E-state index contributed by atoms with van der Waals surface area (Å²) in [4.78, 5) is 35.1. The summed E-state index contributed by atoms with van der Waals surface area (Å²) < 4.78 is 37.3. The minimum Gasteiger partial charge on any atom is -0.418 e. The summed E-state index contributed by atoms with van der Waals surface area (Å²) in [5.74, 6) is -3.11. The molecule has 0 aliphatic carbocycles. The molecule has 1 aromatic rings. The predicted octanol–water partition coefficient (Wildman–Crippen LogP) is 2.70. The summed E-state index contributed by atoms with van der Waals surface area (Å²) >= 11 is 6.02. The smallest absolute Gasteiger partial charge is 0.338 e. The number of urea groups is 1. The molecular formula is C18H21ClN2O7S. The second-order valence-electron chi connectivity index (χ2n) is 5.90. The van der Waals surface area contributed by atoms with Gasteiger partial charge >= 0.3 is 18.0 Å². The summed E-state index contributed by atoms with van der Waals surface area (Å²) in [7, 11) is -4.53. The van der Waals surface area contributed by atoms with Gasteiger partial charge in [-0.3, -0.25) is 0 Å². The maximum Gasteiger partial charge on any atom is 0.338 e. The SMILES string of the molecule is C=C(C)C(=O)Oc1c(Cl)ccc(S(=O)(=O)NC(=O)NCCC)c1OC(=O)C(=C)C. The lowest BCUT2D eigenvalue weighted by molar-refractivity contribution is -0.132. The molecule has 0 spiro atoms. The van der Waals surface area contributed by atoms with E-state index in [1.807, 2.05) is 0 Å². The van der Waals surface area contributed by atoms with Crippen LogP contribution in [0, 0.1) is 0 Å². The van der Waals surface area contributed by atoms with E-state index in [0.717, 1.165) is 12.1 Å². The number of amides is 2. The number of benzene rings is 1. The highest BCUT2D eigenvalue weighted by Crippen LogP contribution is 2.41. The summed E-state index contributed by atoms with van der Waals surface area (Å²) in [6.07, 6.45) is 0.580. The zero-order chi connectivity index (χ0) is 22.4. The van der Waals surface area contributed by atoms with Crippen LogP contribution in [0.3, 0.4) is 0 Å². The van der Waals surface area contributed by atoms with Crippen molar-refractivity contribution in [2.24, 2.45) is 0 Å². The van der Waals surface area contributed by atoms with Gasteiger partial charge in [-0.25, -0.2) is 27.5 Å². The summed E-state index contributed by atoms with van der Waals surface area (Å²) in [6, 6.07) is 1.12. The van der Waals surface area contributed by atoms with E-state index in [0.29, 0.717) is 6.42 Å². The molecular weight excluding hydrogens is 424 g/mol. The topological polar surface area (TPSA) is 128 Å². The first-order valence-corrected chi connectivity index (χ1v) is 10.1. The molecule has 11 heteroatoms. The van der Waals surface area contributed by atoms with E-state index in [4.69, 9.17) is 21.1 Å². The van der Waals surface area contributed by atoms with Crippen LogP contribution in [-0.4, -0.2) is 32.9 Å². The Morgan fingerprint density at radius 2 is 1.55 bits per heavy atom. The Balaban J connectivity index is 3.54. The van der Waals surface area contributed by atoms with Crippen LogP contribution in [0.4, 0.5) is 4.79 Å². The van der Waals surface area contributed by atoms with Crippen LogP contribution in [0.15, 0.2) is 41.3 Å². The Bertz CT molecular complexity index is 971. The number of rotatable bonds is 8. The zero-order valence-electron chi connectivity index (χ0n) is 16.1. The van der Waals surface area contributed by atoms with Gasteiger partial charge in [-0.15, -0.1) is 0 Å². The highest BCUT2D eigenvalue weighted by atomic mass is 35.5. The van der Waals surface area contributed by atoms with Crippen molar-refractivity contribution in [3.05, 3.63) is 41.5 Å². The minimum atomic E-state index is -4.53. The maximum absolute atomic E-state index is 12.7. The number of hydrogen-bond donors (Lipinski definition) is 2. The standard InChI is InChI=1S/C18H21ClN2O7S/c1-6-9-20-18(24)21-29(25,26)13-8-7-12(19)14(27-16(22)10(2)3)15(13)28-17(23)11(4)5/h7-8H,2,4,6,9H2,1,3,5H3,(H2,20,21,24). The van der Waals surface area contributed by atoms with Gasteiger partial charge < -0.3 is 14.8 Å². The third-order valence-electron chi connectivity index (χ3n) is 3.17. The fourth-order valence-corrected chi connectivity index (χ4v) is 2.97. The summed E-state index contributed by atoms with van der Waals surface area (Å²) in [5.41, 5.74) is -0.0669. The second kappa shape index (κ2) is 10.1. The molecule has 0 aliphatic rings. The molecule has 0 heterocycles. The molecule has 0 bridgehead atoms. The molecule has 0 saturated heterocycles. The van der Waals surface area contributed by atoms with Gasteiger partial charge in [0.1, 0.15) is 4.90 Å². The minimum absolute atomic E-state index is 0.0106. The van der Waals surface area contributed by atoms with E-state index in [9.17, 15) is 22.8 Å². The molecule has 0 fully saturated rings. The molecule has 29 heavy (non-hydrogen) atoms. The number of carbonyl (C=O) groups is 3. The van der Waals surface area contributed by atoms with E-state index in [2.05, 4.69) is 18.5 Å². The lowest BCUT2D eigenvalue weighted by atomic mass is 10.3. The number of halogens is 1. The molecule has 0 radical (unpaired) electrons. The molecule has 2 N–H and O–H groups in total. The number of esters is 2. The Morgan fingerprint density at radius 3 is 2.03 bits per heavy atom. The Labute approximate surface area is 173 Å². The van der Waals surface area contributed by atoms with Crippen LogP contribution < -0.4 is 19.5 Å². The number of ether oxygens (including phenoxy) is 2. The van der Waals surface area contributed by atoms with E-state index in [-0.39, 0.29) is 22.7 Å². The van der Waals surface area contributed by atoms with Crippen LogP contribution in [0.2, 0.25) is 5.02 Å². The molecule has 0 saturated carbocycles. The van der Waals surface area contributed by atoms with Crippen molar-refractivity contribution in [2.45, 2.75) is 32.1 Å². The Hall–Kier alpha value is -2.85. The third kappa shape index (κ3) is 6.61. The van der Waals surface area contributed by atoms with Gasteiger partial charge in [0.05, 0.1) is 5.02 Å². The monoisotopic (exact) mass is 444 g/mol. The normalized spacial score (nSPS) is 10.6. The molecule has 0 atom stereocenters. The number of carbonyl (C=O) groups excluding carboxylic acids is 3. The van der Waals surface area contributed by atoms with Crippen molar-refractivity contribution in [2.75, 3.05) is 6.54 Å². The van der Waals surface area contributed by atoms with Crippen molar-refractivity contribution in [3.63, 3.8) is 0 Å². The molecule has 0 aromatic heterocycles. The van der Waals surface area contributed by atoms with Crippen molar-refractivity contribution in [1.29, 1.82) is 0 Å². The van der Waals surface area contributed by atoms with Gasteiger partial charge in [-0.2, -0.15) is 0 Å². The van der Waals surface area contributed by atoms with Crippen LogP contribution >= 0.6 is 11.6 Å². The highest BCUT2D eigenvalue weighted by molar-refractivity contribution is 7.90. The number of hydrogen-bond acceptors (Lipinski definition) is 7. The molecule has 158 valence electrons. The fourth-order valence-electron chi connectivity index (χ4n) is 1.74. The summed E-state index contributed by atoms with van der Waals surface area (Å²) in [6.45, 7) is 11.5. The third-order valence-corrected chi connectivity index (χ3v) is 4.82. The van der Waals surface area contributed by atoms with E-state index in [1.54, 1.807) is 11.6 Å². The molecule has 9 nitrogen and oxygen atoms in total. The average molecular weight is 445 g/mol. The van der Waals surface area contributed by atoms with Crippen LogP contribution in [0.25, 0.3) is 0 Å². The van der Waals surface area contributed by atoms with E-state index < -0.39 is 44.4 Å². The number of sulfonamides is 1. The maximum atomic E-state index is 12.7. The quantitative estimate of drug-likeness (QED) is 0.358. The first kappa shape index (κ1) is 24.2. The Morgan fingerprint density at radius 1 is 1.03 bits per heavy atom. The average Bonchev–Trinajstić information content (AvgIpc) is 2.61. The van der Waals surface area contributed by atoms with Crippen molar-refractivity contribution in [1.82, 2.24) is 10.0 Å². The largest absolute Gasteiger partial charge is 0.418 e. The van der Waals surface area contributed by atoms with Crippen LogP contribution in [-0.2, 0) is 19.6 Å². The zero-order valence-corrected chi connectivity index (χ0v) is 17.7. The van der Waals surface area contributed by atoms with Gasteiger partial charge in [0.25, 0.3) is 10.0 Å². The fraction of sp³-hybridized carbons (Fsp3) is 0.278. The van der Waals surface area contributed by atoms with Crippen LogP contribution in [0.5, 0.6) is 11.5 Å². The Kier molecular flexibility index (Phi) is 8.41. The van der Waals surface area contributed by atoms with E-state index in [1.165, 1.54) is 13.8 Å². The number of nitrogens with one attached hydrogen (secondary N) is 2. The van der Waals surface area contributed by atoms with Gasteiger partial charge in [0, 0.05) is 17.7 Å². The summed E-state index contributed by atoms with van der Waals surface area (Å²) in [5, 5.41) is 2.13. The lowest BCUT2D eigenvalue weighted by Crippen LogP contribution is -2.39. The lowest BCUT2D eigenvalue weighted by Gasteiger charge is -2.16. The van der Waals surface area contributed by atoms with E-state index >= 15 is 0 Å².